The molecule has 0 saturated heterocycles. The van der Waals surface area contributed by atoms with Crippen molar-refractivity contribution in [3.05, 3.63) is 69.7 Å². The Morgan fingerprint density at radius 2 is 1.77 bits per heavy atom. The van der Waals surface area contributed by atoms with Crippen molar-refractivity contribution in [3.8, 4) is 5.69 Å². The van der Waals surface area contributed by atoms with E-state index in [1.165, 1.54) is 0 Å². The van der Waals surface area contributed by atoms with Gasteiger partial charge in [-0.05, 0) is 30.3 Å². The molecule has 0 saturated carbocycles. The molecule has 0 N–H and O–H groups in total. The fourth-order valence-electron chi connectivity index (χ4n) is 3.91. The van der Waals surface area contributed by atoms with Crippen LogP contribution in [0.4, 0.5) is 0 Å². The Kier molecular flexibility index (Phi) is 4.92. The van der Waals surface area contributed by atoms with Gasteiger partial charge < -0.3 is 4.74 Å². The number of ether oxygens (including phenoxy) is 1. The SMILES string of the molecule is CCc1nc2c(c(=O)n1CCOC)c1nc3ccccc3nc1n2-c1cccc(Cl)c1. The smallest absolute Gasteiger partial charge is 0.265 e. The lowest BCUT2D eigenvalue weighted by Crippen LogP contribution is -2.27. The van der Waals surface area contributed by atoms with Gasteiger partial charge in [0.15, 0.2) is 11.3 Å². The molecule has 0 fully saturated rings. The number of nitrogens with zero attached hydrogens (tertiary/aromatic N) is 5. The largest absolute Gasteiger partial charge is 0.383 e. The van der Waals surface area contributed by atoms with E-state index in [1.54, 1.807) is 11.7 Å². The summed E-state index contributed by atoms with van der Waals surface area (Å²) >= 11 is 6.28. The van der Waals surface area contributed by atoms with Crippen LogP contribution < -0.4 is 5.56 Å². The van der Waals surface area contributed by atoms with Gasteiger partial charge in [0.2, 0.25) is 0 Å². The average molecular weight is 434 g/mol. The number of aryl methyl sites for hydroxylation is 1. The lowest BCUT2D eigenvalue weighted by molar-refractivity contribution is 0.185. The van der Waals surface area contributed by atoms with Gasteiger partial charge in [0, 0.05) is 18.6 Å². The molecule has 0 aliphatic rings. The molecule has 0 bridgehead atoms. The van der Waals surface area contributed by atoms with Crippen LogP contribution in [0.15, 0.2) is 53.3 Å². The number of rotatable bonds is 5. The van der Waals surface area contributed by atoms with E-state index < -0.39 is 0 Å². The van der Waals surface area contributed by atoms with Gasteiger partial charge in [-0.25, -0.2) is 15.0 Å². The summed E-state index contributed by atoms with van der Waals surface area (Å²) in [4.78, 5) is 28.2. The van der Waals surface area contributed by atoms with Crippen LogP contribution in [0.2, 0.25) is 5.02 Å². The first-order valence-electron chi connectivity index (χ1n) is 10.1. The van der Waals surface area contributed by atoms with Crippen molar-refractivity contribution in [2.45, 2.75) is 19.9 Å². The van der Waals surface area contributed by atoms with Crippen LogP contribution >= 0.6 is 11.6 Å². The van der Waals surface area contributed by atoms with Gasteiger partial charge in [-0.2, -0.15) is 0 Å². The highest BCUT2D eigenvalue weighted by Crippen LogP contribution is 2.29. The second-order valence-electron chi connectivity index (χ2n) is 7.23. The first kappa shape index (κ1) is 19.7. The zero-order valence-corrected chi connectivity index (χ0v) is 17.9. The maximum Gasteiger partial charge on any atom is 0.265 e. The Labute approximate surface area is 182 Å². The molecule has 0 aliphatic carbocycles. The third kappa shape index (κ3) is 3.17. The summed E-state index contributed by atoms with van der Waals surface area (Å²) in [5.41, 5.74) is 3.74. The summed E-state index contributed by atoms with van der Waals surface area (Å²) in [6, 6.07) is 15.0. The van der Waals surface area contributed by atoms with Gasteiger partial charge in [-0.15, -0.1) is 0 Å². The van der Waals surface area contributed by atoms with Crippen molar-refractivity contribution in [1.82, 2.24) is 24.1 Å². The van der Waals surface area contributed by atoms with E-state index in [0.717, 1.165) is 16.7 Å². The van der Waals surface area contributed by atoms with Gasteiger partial charge in [-0.3, -0.25) is 13.9 Å². The highest BCUT2D eigenvalue weighted by atomic mass is 35.5. The number of para-hydroxylation sites is 2. The predicted octanol–water partition coefficient (Wildman–Crippen LogP) is 4.15. The van der Waals surface area contributed by atoms with E-state index in [0.29, 0.717) is 52.6 Å². The zero-order valence-electron chi connectivity index (χ0n) is 17.2. The molecule has 0 spiro atoms. The summed E-state index contributed by atoms with van der Waals surface area (Å²) in [5, 5.41) is 1.03. The van der Waals surface area contributed by atoms with Gasteiger partial charge in [0.1, 0.15) is 16.7 Å². The maximum atomic E-state index is 13.6. The van der Waals surface area contributed by atoms with Gasteiger partial charge in [0.25, 0.3) is 5.56 Å². The van der Waals surface area contributed by atoms with Crippen molar-refractivity contribution in [2.75, 3.05) is 13.7 Å². The number of methoxy groups -OCH3 is 1. The van der Waals surface area contributed by atoms with Crippen molar-refractivity contribution in [2.24, 2.45) is 0 Å². The van der Waals surface area contributed by atoms with Crippen LogP contribution in [0.25, 0.3) is 38.9 Å². The molecule has 2 aromatic carbocycles. The van der Waals surface area contributed by atoms with Crippen LogP contribution in [0.5, 0.6) is 0 Å². The molecule has 5 aromatic rings. The molecule has 0 radical (unpaired) electrons. The number of hydrogen-bond acceptors (Lipinski definition) is 5. The minimum atomic E-state index is -0.144. The quantitative estimate of drug-likeness (QED) is 0.416. The minimum absolute atomic E-state index is 0.144. The summed E-state index contributed by atoms with van der Waals surface area (Å²) in [6.45, 7) is 2.82. The third-order valence-corrected chi connectivity index (χ3v) is 5.58. The average Bonchev–Trinajstić information content (AvgIpc) is 3.09. The second-order valence-corrected chi connectivity index (χ2v) is 7.67. The Morgan fingerprint density at radius 3 is 2.48 bits per heavy atom. The molecule has 5 rings (SSSR count). The number of fused-ring (bicyclic) bond motifs is 4. The van der Waals surface area contributed by atoms with Gasteiger partial charge >= 0.3 is 0 Å². The molecule has 0 aliphatic heterocycles. The summed E-state index contributed by atoms with van der Waals surface area (Å²) < 4.78 is 8.75. The Morgan fingerprint density at radius 1 is 1.00 bits per heavy atom. The third-order valence-electron chi connectivity index (χ3n) is 5.34. The Bertz CT molecular complexity index is 1510. The van der Waals surface area contributed by atoms with Crippen LogP contribution in [-0.2, 0) is 17.7 Å². The van der Waals surface area contributed by atoms with E-state index >= 15 is 0 Å². The standard InChI is InChI=1S/C23H20ClN5O2/c1-3-18-27-21-19(23(30)28(18)11-12-31-2)20-22(26-17-10-5-4-9-16(17)25-20)29(21)15-8-6-7-14(24)13-15/h4-10,13H,3,11-12H2,1-2H3. The second kappa shape index (κ2) is 7.76. The van der Waals surface area contributed by atoms with Crippen LogP contribution in [-0.4, -0.2) is 37.8 Å². The van der Waals surface area contributed by atoms with E-state index in [-0.39, 0.29) is 5.56 Å². The lowest BCUT2D eigenvalue weighted by Gasteiger charge is -2.12. The fourth-order valence-corrected chi connectivity index (χ4v) is 4.10. The van der Waals surface area contributed by atoms with Crippen LogP contribution in [0.1, 0.15) is 12.7 Å². The molecule has 0 atom stereocenters. The van der Waals surface area contributed by atoms with Crippen LogP contribution in [0.3, 0.4) is 0 Å². The van der Waals surface area contributed by atoms with E-state index in [1.807, 2.05) is 60.0 Å². The van der Waals surface area contributed by atoms with Gasteiger partial charge in [0.05, 0.1) is 29.9 Å². The molecule has 3 aromatic heterocycles. The van der Waals surface area contributed by atoms with Crippen molar-refractivity contribution in [3.63, 3.8) is 0 Å². The van der Waals surface area contributed by atoms with Crippen molar-refractivity contribution >= 4 is 44.8 Å². The topological polar surface area (TPSA) is 74.8 Å². The number of benzene rings is 2. The fraction of sp³-hybridized carbons (Fsp3) is 0.217. The first-order valence-corrected chi connectivity index (χ1v) is 10.5. The van der Waals surface area contributed by atoms with Crippen LogP contribution in [0, 0.1) is 0 Å². The molecular weight excluding hydrogens is 414 g/mol. The number of hydrogen-bond donors (Lipinski definition) is 0. The normalized spacial score (nSPS) is 11.7. The Hall–Kier alpha value is -3.29. The number of aromatic nitrogens is 5. The Balaban J connectivity index is 1.98. The van der Waals surface area contributed by atoms with E-state index in [2.05, 4.69) is 0 Å². The minimum Gasteiger partial charge on any atom is -0.383 e. The maximum absolute atomic E-state index is 13.6. The number of halogens is 1. The molecular formula is C23H20ClN5O2. The molecule has 7 nitrogen and oxygen atoms in total. The lowest BCUT2D eigenvalue weighted by atomic mass is 10.3. The van der Waals surface area contributed by atoms with E-state index in [4.69, 9.17) is 31.3 Å². The van der Waals surface area contributed by atoms with Crippen molar-refractivity contribution in [1.29, 1.82) is 0 Å². The van der Waals surface area contributed by atoms with Crippen molar-refractivity contribution < 1.29 is 4.74 Å². The molecule has 156 valence electrons. The predicted molar refractivity (Wildman–Crippen MR) is 122 cm³/mol. The first-order chi connectivity index (χ1) is 15.1. The van der Waals surface area contributed by atoms with Gasteiger partial charge in [-0.1, -0.05) is 36.7 Å². The zero-order chi connectivity index (χ0) is 21.5. The molecule has 8 heteroatoms. The monoisotopic (exact) mass is 433 g/mol. The molecule has 0 unspecified atom stereocenters. The highest BCUT2D eigenvalue weighted by Gasteiger charge is 2.22. The highest BCUT2D eigenvalue weighted by molar-refractivity contribution is 6.30. The summed E-state index contributed by atoms with van der Waals surface area (Å²) in [5.74, 6) is 0.685. The van der Waals surface area contributed by atoms with E-state index in [9.17, 15) is 4.79 Å². The summed E-state index contributed by atoms with van der Waals surface area (Å²) in [6.07, 6.45) is 0.606. The molecule has 3 heterocycles. The molecule has 31 heavy (non-hydrogen) atoms. The summed E-state index contributed by atoms with van der Waals surface area (Å²) in [7, 11) is 1.62. The molecule has 0 amide bonds.